The van der Waals surface area contributed by atoms with E-state index in [9.17, 15) is 14.0 Å². The van der Waals surface area contributed by atoms with Gasteiger partial charge < -0.3 is 20.3 Å². The van der Waals surface area contributed by atoms with Crippen molar-refractivity contribution in [3.63, 3.8) is 0 Å². The molecule has 1 saturated heterocycles. The van der Waals surface area contributed by atoms with Crippen molar-refractivity contribution >= 4 is 23.5 Å². The van der Waals surface area contributed by atoms with Crippen molar-refractivity contribution in [1.82, 2.24) is 14.8 Å². The Kier molecular flexibility index (Phi) is 6.61. The molecule has 0 aliphatic carbocycles. The second kappa shape index (κ2) is 9.33. The minimum Gasteiger partial charge on any atom is -0.453 e. The molecule has 3 rings (SSSR count). The van der Waals surface area contributed by atoms with Crippen LogP contribution < -0.4 is 10.6 Å². The first-order chi connectivity index (χ1) is 13.9. The average Bonchev–Trinajstić information content (AvgIpc) is 2.72. The Hall–Kier alpha value is -3.20. The van der Waals surface area contributed by atoms with Gasteiger partial charge in [0.2, 0.25) is 0 Å². The van der Waals surface area contributed by atoms with Crippen molar-refractivity contribution in [2.75, 3.05) is 43.9 Å². The maximum absolute atomic E-state index is 14.2. The average molecular weight is 401 g/mol. The summed E-state index contributed by atoms with van der Waals surface area (Å²) in [6, 6.07) is 7.60. The number of halogens is 1. The summed E-state index contributed by atoms with van der Waals surface area (Å²) < 4.78 is 18.9. The Morgan fingerprint density at radius 1 is 1.14 bits per heavy atom. The van der Waals surface area contributed by atoms with Crippen molar-refractivity contribution in [3.8, 4) is 0 Å². The molecule has 2 aromatic rings. The molecule has 0 atom stereocenters. The van der Waals surface area contributed by atoms with Gasteiger partial charge in [0, 0.05) is 38.4 Å². The lowest BCUT2D eigenvalue weighted by molar-refractivity contribution is 0.0889. The minimum atomic E-state index is -0.543. The molecule has 9 heteroatoms. The number of anilines is 2. The van der Waals surface area contributed by atoms with E-state index < -0.39 is 11.8 Å². The highest BCUT2D eigenvalue weighted by atomic mass is 19.1. The number of aryl methyl sites for hydroxylation is 1. The van der Waals surface area contributed by atoms with Crippen LogP contribution >= 0.6 is 0 Å². The van der Waals surface area contributed by atoms with E-state index in [0.717, 1.165) is 11.3 Å². The number of ether oxygens (including phenoxy) is 1. The van der Waals surface area contributed by atoms with E-state index in [-0.39, 0.29) is 11.8 Å². The normalized spacial score (nSPS) is 14.4. The number of carbonyl (C=O) groups excluding carboxylic acids is 2. The van der Waals surface area contributed by atoms with Crippen LogP contribution in [0.1, 0.15) is 11.3 Å². The molecule has 2 heterocycles. The maximum Gasteiger partial charge on any atom is 0.409 e. The first-order valence-electron chi connectivity index (χ1n) is 9.29. The third-order valence-electron chi connectivity index (χ3n) is 4.66. The molecule has 3 amide bonds. The molecule has 1 aliphatic rings. The van der Waals surface area contributed by atoms with E-state index in [2.05, 4.69) is 20.5 Å². The molecule has 0 radical (unpaired) electrons. The fourth-order valence-corrected chi connectivity index (χ4v) is 3.07. The van der Waals surface area contributed by atoms with Gasteiger partial charge in [0.25, 0.3) is 0 Å². The molecule has 29 heavy (non-hydrogen) atoms. The lowest BCUT2D eigenvalue weighted by Gasteiger charge is -2.33. The minimum absolute atomic E-state index is 0.105. The van der Waals surface area contributed by atoms with Crippen molar-refractivity contribution in [2.24, 2.45) is 0 Å². The number of carbonyl (C=O) groups is 2. The van der Waals surface area contributed by atoms with Gasteiger partial charge in [-0.1, -0.05) is 6.07 Å². The summed E-state index contributed by atoms with van der Waals surface area (Å²) in [5.74, 6) is -0.513. The van der Waals surface area contributed by atoms with Gasteiger partial charge in [-0.2, -0.15) is 0 Å². The maximum atomic E-state index is 14.2. The van der Waals surface area contributed by atoms with Gasteiger partial charge in [-0.05, 0) is 36.8 Å². The molecular formula is C20H24FN5O3. The number of rotatable bonds is 4. The van der Waals surface area contributed by atoms with Crippen molar-refractivity contribution in [3.05, 3.63) is 53.6 Å². The number of urea groups is 1. The number of aromatic nitrogens is 1. The lowest BCUT2D eigenvalue weighted by Crippen LogP contribution is -2.48. The van der Waals surface area contributed by atoms with E-state index >= 15 is 0 Å². The molecule has 2 N–H and O–H groups in total. The van der Waals surface area contributed by atoms with Crippen molar-refractivity contribution in [2.45, 2.75) is 13.5 Å². The topological polar surface area (TPSA) is 86.8 Å². The van der Waals surface area contributed by atoms with E-state index in [1.165, 1.54) is 19.4 Å². The highest BCUT2D eigenvalue weighted by Gasteiger charge is 2.21. The summed E-state index contributed by atoms with van der Waals surface area (Å²) in [5, 5.41) is 5.17. The number of nitrogens with zero attached hydrogens (tertiary/aromatic N) is 3. The molecule has 1 aromatic heterocycles. The van der Waals surface area contributed by atoms with Crippen LogP contribution in [0.25, 0.3) is 0 Å². The van der Waals surface area contributed by atoms with Gasteiger partial charge >= 0.3 is 12.1 Å². The van der Waals surface area contributed by atoms with Gasteiger partial charge in [-0.25, -0.2) is 14.0 Å². The Morgan fingerprint density at radius 3 is 2.55 bits per heavy atom. The monoisotopic (exact) mass is 401 g/mol. The van der Waals surface area contributed by atoms with E-state index in [4.69, 9.17) is 4.74 Å². The highest BCUT2D eigenvalue weighted by molar-refractivity contribution is 5.99. The van der Waals surface area contributed by atoms with Crippen LogP contribution in [0, 0.1) is 12.7 Å². The van der Waals surface area contributed by atoms with Crippen molar-refractivity contribution < 1.29 is 18.7 Å². The first-order valence-corrected chi connectivity index (χ1v) is 9.29. The molecule has 1 aliphatic heterocycles. The molecule has 154 valence electrons. The molecule has 0 bridgehead atoms. The molecule has 0 unspecified atom stereocenters. The van der Waals surface area contributed by atoms with Gasteiger partial charge in [-0.3, -0.25) is 9.88 Å². The molecule has 0 saturated carbocycles. The number of amides is 3. The quantitative estimate of drug-likeness (QED) is 0.822. The Morgan fingerprint density at radius 2 is 1.90 bits per heavy atom. The number of benzene rings is 1. The first kappa shape index (κ1) is 20.5. The van der Waals surface area contributed by atoms with E-state index in [1.54, 1.807) is 29.2 Å². The lowest BCUT2D eigenvalue weighted by atomic mass is 10.1. The van der Waals surface area contributed by atoms with E-state index in [0.29, 0.717) is 38.4 Å². The molecule has 1 fully saturated rings. The molecule has 0 spiro atoms. The molecule has 8 nitrogen and oxygen atoms in total. The zero-order chi connectivity index (χ0) is 20.8. The van der Waals surface area contributed by atoms with Crippen LogP contribution in [-0.4, -0.2) is 60.2 Å². The number of piperazine rings is 1. The second-order valence-corrected chi connectivity index (χ2v) is 6.81. The standard InChI is InChI=1S/C20H24FN5O3/c1-14-3-5-16(12-22-14)23-19(27)24-18-11-15(4-6-17(18)21)13-25-7-9-26(10-8-25)20(28)29-2/h3-6,11-12H,7-10,13H2,1-2H3,(H2,23,24,27). The summed E-state index contributed by atoms with van der Waals surface area (Å²) in [7, 11) is 1.37. The largest absolute Gasteiger partial charge is 0.453 e. The summed E-state index contributed by atoms with van der Waals surface area (Å²) in [4.78, 5) is 31.6. The Labute approximate surface area is 168 Å². The predicted molar refractivity (Wildman–Crippen MR) is 107 cm³/mol. The Bertz CT molecular complexity index is 867. The van der Waals surface area contributed by atoms with Crippen LogP contribution in [0.3, 0.4) is 0 Å². The third-order valence-corrected chi connectivity index (χ3v) is 4.66. The van der Waals surface area contributed by atoms with E-state index in [1.807, 2.05) is 6.92 Å². The van der Waals surface area contributed by atoms with Crippen LogP contribution in [0.15, 0.2) is 36.5 Å². The fourth-order valence-electron chi connectivity index (χ4n) is 3.07. The number of hydrogen-bond acceptors (Lipinski definition) is 5. The second-order valence-electron chi connectivity index (χ2n) is 6.81. The molecular weight excluding hydrogens is 377 g/mol. The number of pyridine rings is 1. The van der Waals surface area contributed by atoms with Gasteiger partial charge in [0.15, 0.2) is 0 Å². The van der Waals surface area contributed by atoms with Crippen LogP contribution in [0.2, 0.25) is 0 Å². The zero-order valence-corrected chi connectivity index (χ0v) is 16.4. The van der Waals surface area contributed by atoms with Crippen molar-refractivity contribution in [1.29, 1.82) is 0 Å². The van der Waals surface area contributed by atoms with Crippen LogP contribution in [0.5, 0.6) is 0 Å². The Balaban J connectivity index is 1.57. The smallest absolute Gasteiger partial charge is 0.409 e. The van der Waals surface area contributed by atoms with Gasteiger partial charge in [-0.15, -0.1) is 0 Å². The summed E-state index contributed by atoms with van der Waals surface area (Å²) >= 11 is 0. The van der Waals surface area contributed by atoms with Gasteiger partial charge in [0.05, 0.1) is 24.7 Å². The molecule has 1 aromatic carbocycles. The number of nitrogens with one attached hydrogen (secondary N) is 2. The van der Waals surface area contributed by atoms with Crippen LogP contribution in [-0.2, 0) is 11.3 Å². The number of hydrogen-bond donors (Lipinski definition) is 2. The van der Waals surface area contributed by atoms with Gasteiger partial charge in [0.1, 0.15) is 5.82 Å². The van der Waals surface area contributed by atoms with Crippen LogP contribution in [0.4, 0.5) is 25.4 Å². The third kappa shape index (κ3) is 5.64. The highest BCUT2D eigenvalue weighted by Crippen LogP contribution is 2.19. The summed E-state index contributed by atoms with van der Waals surface area (Å²) in [6.45, 7) is 4.97. The zero-order valence-electron chi connectivity index (χ0n) is 16.4. The SMILES string of the molecule is COC(=O)N1CCN(Cc2ccc(F)c(NC(=O)Nc3ccc(C)nc3)c2)CC1. The summed E-state index contributed by atoms with van der Waals surface area (Å²) in [6.07, 6.45) is 1.21. The number of methoxy groups -OCH3 is 1. The predicted octanol–water partition coefficient (Wildman–Crippen LogP) is 3.06. The fraction of sp³-hybridized carbons (Fsp3) is 0.350. The summed E-state index contributed by atoms with van der Waals surface area (Å²) in [5.41, 5.74) is 2.33.